The summed E-state index contributed by atoms with van der Waals surface area (Å²) in [5, 5.41) is 3.40. The van der Waals surface area contributed by atoms with E-state index in [1.54, 1.807) is 0 Å². The molecule has 1 saturated heterocycles. The molecule has 0 amide bonds. The number of nitrogens with one attached hydrogen (secondary N) is 1. The highest BCUT2D eigenvalue weighted by Gasteiger charge is 2.24. The predicted molar refractivity (Wildman–Crippen MR) is 82.4 cm³/mol. The highest BCUT2D eigenvalue weighted by molar-refractivity contribution is 7.91. The summed E-state index contributed by atoms with van der Waals surface area (Å²) in [7, 11) is -2.84. The third-order valence-electron chi connectivity index (χ3n) is 3.44. The maximum absolute atomic E-state index is 11.4. The summed E-state index contributed by atoms with van der Waals surface area (Å²) >= 11 is 5.06. The van der Waals surface area contributed by atoms with Gasteiger partial charge >= 0.3 is 0 Å². The van der Waals surface area contributed by atoms with Gasteiger partial charge in [0.1, 0.15) is 14.8 Å². The van der Waals surface area contributed by atoms with E-state index in [-0.39, 0.29) is 17.5 Å². The maximum Gasteiger partial charge on any atom is 0.150 e. The fourth-order valence-corrected chi connectivity index (χ4v) is 3.96. The Morgan fingerprint density at radius 1 is 1.37 bits per heavy atom. The third kappa shape index (κ3) is 3.45. The normalized spacial score (nSPS) is 19.0. The van der Waals surface area contributed by atoms with Crippen LogP contribution in [0.25, 0.3) is 0 Å². The first kappa shape index (κ1) is 14.3. The Hall–Kier alpha value is -1.14. The van der Waals surface area contributed by atoms with Gasteiger partial charge < -0.3 is 11.1 Å². The molecule has 0 aliphatic carbocycles. The summed E-state index contributed by atoms with van der Waals surface area (Å²) in [6.45, 7) is 1.99. The average molecular weight is 298 g/mol. The van der Waals surface area contributed by atoms with Gasteiger partial charge in [-0.15, -0.1) is 0 Å². The van der Waals surface area contributed by atoms with Gasteiger partial charge in [-0.05, 0) is 31.4 Å². The molecule has 0 saturated carbocycles. The van der Waals surface area contributed by atoms with Crippen LogP contribution < -0.4 is 11.1 Å². The molecule has 0 spiro atoms. The molecule has 1 heterocycles. The molecular formula is C13H18N2O2S2. The Balaban J connectivity index is 2.18. The van der Waals surface area contributed by atoms with Gasteiger partial charge in [-0.1, -0.05) is 24.4 Å². The van der Waals surface area contributed by atoms with E-state index in [0.717, 1.165) is 16.8 Å². The second-order valence-electron chi connectivity index (χ2n) is 4.93. The SMILES string of the molecule is Cc1cccc(C(N)=S)c1NC1CCS(=O)(=O)CC1. The van der Waals surface area contributed by atoms with Gasteiger partial charge in [0.25, 0.3) is 0 Å². The van der Waals surface area contributed by atoms with E-state index in [4.69, 9.17) is 18.0 Å². The quantitative estimate of drug-likeness (QED) is 0.830. The smallest absolute Gasteiger partial charge is 0.150 e. The van der Waals surface area contributed by atoms with Gasteiger partial charge in [-0.25, -0.2) is 8.42 Å². The first-order chi connectivity index (χ1) is 8.89. The summed E-state index contributed by atoms with van der Waals surface area (Å²) < 4.78 is 22.8. The molecule has 0 atom stereocenters. The molecule has 1 fully saturated rings. The second kappa shape index (κ2) is 5.46. The van der Waals surface area contributed by atoms with Crippen molar-refractivity contribution in [2.75, 3.05) is 16.8 Å². The summed E-state index contributed by atoms with van der Waals surface area (Å²) in [4.78, 5) is 0.356. The predicted octanol–water partition coefficient (Wildman–Crippen LogP) is 1.62. The molecule has 1 aromatic rings. The lowest BCUT2D eigenvalue weighted by molar-refractivity contribution is 0.559. The number of thiocarbonyl (C=S) groups is 1. The summed E-state index contributed by atoms with van der Waals surface area (Å²) in [5.41, 5.74) is 8.55. The molecule has 3 N–H and O–H groups in total. The lowest BCUT2D eigenvalue weighted by atomic mass is 10.1. The van der Waals surface area contributed by atoms with Gasteiger partial charge in [-0.3, -0.25) is 0 Å². The van der Waals surface area contributed by atoms with E-state index in [9.17, 15) is 8.42 Å². The number of para-hydroxylation sites is 1. The van der Waals surface area contributed by atoms with E-state index in [1.165, 1.54) is 0 Å². The van der Waals surface area contributed by atoms with Crippen LogP contribution in [0.1, 0.15) is 24.0 Å². The van der Waals surface area contributed by atoms with Gasteiger partial charge in [0.2, 0.25) is 0 Å². The van der Waals surface area contributed by atoms with Crippen LogP contribution in [0.5, 0.6) is 0 Å². The van der Waals surface area contributed by atoms with Crippen LogP contribution >= 0.6 is 12.2 Å². The minimum absolute atomic E-state index is 0.165. The van der Waals surface area contributed by atoms with Crippen LogP contribution in [-0.2, 0) is 9.84 Å². The molecular weight excluding hydrogens is 280 g/mol. The van der Waals surface area contributed by atoms with Gasteiger partial charge in [0.05, 0.1) is 11.5 Å². The molecule has 2 rings (SSSR count). The van der Waals surface area contributed by atoms with Crippen LogP contribution in [0, 0.1) is 6.92 Å². The Bertz CT molecular complexity index is 583. The van der Waals surface area contributed by atoms with Crippen LogP contribution in [0.3, 0.4) is 0 Å². The van der Waals surface area contributed by atoms with Gasteiger partial charge in [0, 0.05) is 17.3 Å². The number of nitrogens with two attached hydrogens (primary N) is 1. The Labute approximate surface area is 119 Å². The fourth-order valence-electron chi connectivity index (χ4n) is 2.30. The van der Waals surface area contributed by atoms with Crippen molar-refractivity contribution in [1.29, 1.82) is 0 Å². The van der Waals surface area contributed by atoms with Crippen molar-refractivity contribution in [3.8, 4) is 0 Å². The third-order valence-corrected chi connectivity index (χ3v) is 5.38. The van der Waals surface area contributed by atoms with Crippen molar-refractivity contribution in [2.24, 2.45) is 5.73 Å². The minimum atomic E-state index is -2.84. The molecule has 1 aliphatic rings. The molecule has 0 aromatic heterocycles. The highest BCUT2D eigenvalue weighted by atomic mass is 32.2. The van der Waals surface area contributed by atoms with Crippen molar-refractivity contribution in [1.82, 2.24) is 0 Å². The number of rotatable bonds is 3. The molecule has 104 valence electrons. The zero-order chi connectivity index (χ0) is 14.0. The first-order valence-electron chi connectivity index (χ1n) is 6.25. The van der Waals surface area contributed by atoms with Crippen molar-refractivity contribution in [2.45, 2.75) is 25.8 Å². The molecule has 19 heavy (non-hydrogen) atoms. The average Bonchev–Trinajstić information content (AvgIpc) is 2.33. The second-order valence-corrected chi connectivity index (χ2v) is 7.68. The van der Waals surface area contributed by atoms with Crippen LogP contribution in [-0.4, -0.2) is 31.0 Å². The fraction of sp³-hybridized carbons (Fsp3) is 0.462. The summed E-state index contributed by atoms with van der Waals surface area (Å²) in [6, 6.07) is 5.96. The van der Waals surface area contributed by atoms with Gasteiger partial charge in [0.15, 0.2) is 0 Å². The maximum atomic E-state index is 11.4. The molecule has 4 nitrogen and oxygen atoms in total. The topological polar surface area (TPSA) is 72.2 Å². The van der Waals surface area contributed by atoms with E-state index in [1.807, 2.05) is 25.1 Å². The van der Waals surface area contributed by atoms with Crippen LogP contribution in [0.4, 0.5) is 5.69 Å². The Morgan fingerprint density at radius 2 is 2.00 bits per heavy atom. The number of aryl methyl sites for hydroxylation is 1. The number of benzene rings is 1. The lowest BCUT2D eigenvalue weighted by Gasteiger charge is -2.26. The first-order valence-corrected chi connectivity index (χ1v) is 8.48. The standard InChI is InChI=1S/C13H18N2O2S2/c1-9-3-2-4-11(13(14)18)12(9)15-10-5-7-19(16,17)8-6-10/h2-4,10,15H,5-8H2,1H3,(H2,14,18). The minimum Gasteiger partial charge on any atom is -0.389 e. The molecule has 0 bridgehead atoms. The molecule has 1 aliphatic heterocycles. The number of anilines is 1. The van der Waals surface area contributed by atoms with E-state index < -0.39 is 9.84 Å². The molecule has 0 unspecified atom stereocenters. The van der Waals surface area contributed by atoms with E-state index in [0.29, 0.717) is 17.8 Å². The molecule has 1 aromatic carbocycles. The number of hydrogen-bond acceptors (Lipinski definition) is 4. The van der Waals surface area contributed by atoms with Crippen molar-refractivity contribution < 1.29 is 8.42 Å². The largest absolute Gasteiger partial charge is 0.389 e. The van der Waals surface area contributed by atoms with E-state index in [2.05, 4.69) is 5.32 Å². The molecule has 0 radical (unpaired) electrons. The highest BCUT2D eigenvalue weighted by Crippen LogP contribution is 2.24. The Morgan fingerprint density at radius 3 is 2.58 bits per heavy atom. The summed E-state index contributed by atoms with van der Waals surface area (Å²) in [6.07, 6.45) is 1.26. The van der Waals surface area contributed by atoms with Crippen molar-refractivity contribution >= 4 is 32.7 Å². The van der Waals surface area contributed by atoms with Crippen LogP contribution in [0.2, 0.25) is 0 Å². The van der Waals surface area contributed by atoms with Crippen molar-refractivity contribution in [3.63, 3.8) is 0 Å². The zero-order valence-corrected chi connectivity index (χ0v) is 12.5. The lowest BCUT2D eigenvalue weighted by Crippen LogP contribution is -2.33. The van der Waals surface area contributed by atoms with Crippen LogP contribution in [0.15, 0.2) is 18.2 Å². The van der Waals surface area contributed by atoms with Gasteiger partial charge in [-0.2, -0.15) is 0 Å². The Kier molecular flexibility index (Phi) is 4.10. The monoisotopic (exact) mass is 298 g/mol. The number of sulfone groups is 1. The number of hydrogen-bond donors (Lipinski definition) is 2. The molecule has 6 heteroatoms. The van der Waals surface area contributed by atoms with E-state index >= 15 is 0 Å². The zero-order valence-electron chi connectivity index (χ0n) is 10.8. The van der Waals surface area contributed by atoms with Crippen molar-refractivity contribution in [3.05, 3.63) is 29.3 Å². The summed E-state index contributed by atoms with van der Waals surface area (Å²) in [5.74, 6) is 0.498.